The van der Waals surface area contributed by atoms with Crippen LogP contribution in [0.2, 0.25) is 13.1 Å². The Hall–Kier alpha value is 0.580. The molecule has 0 aromatic rings. The van der Waals surface area contributed by atoms with Gasteiger partial charge in [-0.15, -0.1) is 6.42 Å². The van der Waals surface area contributed by atoms with Gasteiger partial charge in [0, 0.05) is 35.7 Å². The van der Waals surface area contributed by atoms with Crippen LogP contribution >= 0.6 is 0 Å². The maximum Gasteiger partial charge on any atom is 0.0213 e. The van der Waals surface area contributed by atoms with E-state index in [0.717, 1.165) is 15.9 Å². The van der Waals surface area contributed by atoms with E-state index in [-0.39, 0.29) is 26.2 Å². The minimum Gasteiger partial charge on any atom is -0.273 e. The van der Waals surface area contributed by atoms with Gasteiger partial charge in [-0.05, 0) is 0 Å². The average molecular weight is 258 g/mol. The summed E-state index contributed by atoms with van der Waals surface area (Å²) in [5.41, 5.74) is 1.47. The number of allylic oxidation sites excluding steroid dienone is 4. The third kappa shape index (κ3) is 8.67. The van der Waals surface area contributed by atoms with Crippen LogP contribution in [0.4, 0.5) is 0 Å². The first-order valence-electron chi connectivity index (χ1n) is 4.34. The normalized spacial score (nSPS) is 12.8. The summed E-state index contributed by atoms with van der Waals surface area (Å²) < 4.78 is 0. The molecule has 0 unspecified atom stereocenters. The Kier molecular flexibility index (Phi) is 14.5. The Labute approximate surface area is 98.5 Å². The SMILES string of the molecule is CCCC1=CC[C-]=C1.C[SiH]C.[Zr]. The maximum atomic E-state index is 3.14. The van der Waals surface area contributed by atoms with Gasteiger partial charge in [-0.1, -0.05) is 32.9 Å². The van der Waals surface area contributed by atoms with Crippen LogP contribution in [-0.4, -0.2) is 9.52 Å². The standard InChI is InChI=1S/C8H11.C2H7Si.Zr/c1-2-5-8-6-3-4-7-8;1-3-2;/h6-7H,2-3,5H2,1H3;3H,1-2H3;/q-1;;. The Morgan fingerprint density at radius 1 is 1.50 bits per heavy atom. The van der Waals surface area contributed by atoms with Gasteiger partial charge in [0.15, 0.2) is 0 Å². The predicted molar refractivity (Wildman–Crippen MR) is 54.3 cm³/mol. The van der Waals surface area contributed by atoms with E-state index in [1.807, 2.05) is 0 Å². The van der Waals surface area contributed by atoms with Crippen LogP contribution in [0.15, 0.2) is 17.7 Å². The fraction of sp³-hybridized carbons (Fsp3) is 0.600. The Morgan fingerprint density at radius 2 is 2.08 bits per heavy atom. The van der Waals surface area contributed by atoms with E-state index < -0.39 is 0 Å². The van der Waals surface area contributed by atoms with Crippen molar-refractivity contribution in [3.8, 4) is 0 Å². The molecule has 0 amide bonds. The molecule has 1 radical (unpaired) electrons. The second-order valence-corrected chi connectivity index (χ2v) is 3.81. The smallest absolute Gasteiger partial charge is 0.0213 e. The molecular weight excluding hydrogens is 239 g/mol. The Bertz CT molecular complexity index is 139. The zero-order valence-electron chi connectivity index (χ0n) is 8.35. The van der Waals surface area contributed by atoms with Gasteiger partial charge in [-0.2, -0.15) is 6.08 Å². The fourth-order valence-corrected chi connectivity index (χ4v) is 0.902. The van der Waals surface area contributed by atoms with E-state index >= 15 is 0 Å². The number of hydrogen-bond acceptors (Lipinski definition) is 0. The van der Waals surface area contributed by atoms with Crippen LogP contribution in [0.25, 0.3) is 0 Å². The van der Waals surface area contributed by atoms with Gasteiger partial charge in [0.25, 0.3) is 0 Å². The van der Waals surface area contributed by atoms with Crippen molar-refractivity contribution in [1.82, 2.24) is 0 Å². The minimum absolute atomic E-state index is 0. The first-order chi connectivity index (χ1) is 5.35. The molecule has 1 rings (SSSR count). The summed E-state index contributed by atoms with van der Waals surface area (Å²) in [6.07, 6.45) is 11.0. The van der Waals surface area contributed by atoms with Gasteiger partial charge >= 0.3 is 0 Å². The van der Waals surface area contributed by atoms with Crippen molar-refractivity contribution in [2.75, 3.05) is 0 Å². The molecule has 0 atom stereocenters. The molecule has 0 fully saturated rings. The summed E-state index contributed by atoms with van der Waals surface area (Å²) in [6.45, 7) is 6.62. The summed E-state index contributed by atoms with van der Waals surface area (Å²) in [4.78, 5) is 0. The molecule has 0 saturated carbocycles. The zero-order valence-corrected chi connectivity index (χ0v) is 12.0. The Morgan fingerprint density at radius 3 is 2.42 bits per heavy atom. The van der Waals surface area contributed by atoms with Crippen LogP contribution < -0.4 is 0 Å². The monoisotopic (exact) mass is 256 g/mol. The van der Waals surface area contributed by atoms with Crippen LogP contribution in [0.5, 0.6) is 0 Å². The molecule has 1 aliphatic rings. The van der Waals surface area contributed by atoms with Gasteiger partial charge in [-0.25, -0.2) is 11.6 Å². The number of rotatable bonds is 2. The molecule has 0 aromatic carbocycles. The fourth-order valence-electron chi connectivity index (χ4n) is 0.902. The van der Waals surface area contributed by atoms with E-state index in [4.69, 9.17) is 0 Å². The van der Waals surface area contributed by atoms with Gasteiger partial charge in [0.1, 0.15) is 0 Å². The summed E-state index contributed by atoms with van der Waals surface area (Å²) >= 11 is 0. The second-order valence-electron chi connectivity index (χ2n) is 2.66. The quantitative estimate of drug-likeness (QED) is 0.527. The average Bonchev–Trinajstić information content (AvgIpc) is 2.42. The van der Waals surface area contributed by atoms with Crippen LogP contribution in [0.3, 0.4) is 0 Å². The molecule has 0 aromatic heterocycles. The zero-order chi connectivity index (χ0) is 8.53. The van der Waals surface area contributed by atoms with E-state index in [2.05, 4.69) is 38.2 Å². The second kappa shape index (κ2) is 11.6. The summed E-state index contributed by atoms with van der Waals surface area (Å²) in [5, 5.41) is 0. The van der Waals surface area contributed by atoms with Crippen molar-refractivity contribution >= 4 is 9.52 Å². The molecule has 0 nitrogen and oxygen atoms in total. The molecule has 1 aliphatic carbocycles. The van der Waals surface area contributed by atoms with Crippen molar-refractivity contribution < 1.29 is 26.2 Å². The van der Waals surface area contributed by atoms with Gasteiger partial charge in [0.2, 0.25) is 0 Å². The summed E-state index contributed by atoms with van der Waals surface area (Å²) in [7, 11) is 0.750. The van der Waals surface area contributed by atoms with Crippen LogP contribution in [0.1, 0.15) is 26.2 Å². The molecule has 12 heavy (non-hydrogen) atoms. The maximum absolute atomic E-state index is 3.14. The van der Waals surface area contributed by atoms with Crippen LogP contribution in [0, 0.1) is 6.08 Å². The van der Waals surface area contributed by atoms with Crippen molar-refractivity contribution in [2.45, 2.75) is 39.3 Å². The van der Waals surface area contributed by atoms with Crippen molar-refractivity contribution in [3.05, 3.63) is 23.8 Å². The first-order valence-corrected chi connectivity index (χ1v) is 6.65. The third-order valence-electron chi connectivity index (χ3n) is 1.31. The van der Waals surface area contributed by atoms with E-state index in [1.54, 1.807) is 0 Å². The van der Waals surface area contributed by atoms with Gasteiger partial charge in [-0.3, -0.25) is 6.08 Å². The third-order valence-corrected chi connectivity index (χ3v) is 1.31. The molecule has 0 saturated heterocycles. The van der Waals surface area contributed by atoms with Crippen molar-refractivity contribution in [1.29, 1.82) is 0 Å². The van der Waals surface area contributed by atoms with Crippen LogP contribution in [-0.2, 0) is 26.2 Å². The molecule has 67 valence electrons. The molecule has 0 N–H and O–H groups in total. The van der Waals surface area contributed by atoms with Gasteiger partial charge in [0.05, 0.1) is 0 Å². The molecule has 0 spiro atoms. The minimum atomic E-state index is 0. The molecule has 0 heterocycles. The van der Waals surface area contributed by atoms with E-state index in [0.29, 0.717) is 0 Å². The summed E-state index contributed by atoms with van der Waals surface area (Å²) in [5.74, 6) is 0. The predicted octanol–water partition coefficient (Wildman–Crippen LogP) is 2.99. The largest absolute Gasteiger partial charge is 0.273 e. The van der Waals surface area contributed by atoms with Gasteiger partial charge < -0.3 is 0 Å². The molecule has 0 aliphatic heterocycles. The van der Waals surface area contributed by atoms with E-state index in [1.165, 1.54) is 18.4 Å². The van der Waals surface area contributed by atoms with Crippen molar-refractivity contribution in [3.63, 3.8) is 0 Å². The number of hydrogen-bond donors (Lipinski definition) is 0. The molecule has 0 bridgehead atoms. The van der Waals surface area contributed by atoms with Crippen molar-refractivity contribution in [2.24, 2.45) is 0 Å². The van der Waals surface area contributed by atoms with E-state index in [9.17, 15) is 0 Å². The summed E-state index contributed by atoms with van der Waals surface area (Å²) in [6, 6.07) is 0. The first kappa shape index (κ1) is 15.1. The molecular formula is C10H18SiZr-. The Balaban J connectivity index is 0. The topological polar surface area (TPSA) is 0 Å². The molecule has 2 heteroatoms.